The van der Waals surface area contributed by atoms with E-state index in [9.17, 15) is 9.59 Å². The molecule has 1 atom stereocenters. The highest BCUT2D eigenvalue weighted by Gasteiger charge is 2.22. The number of carbonyl (C=O) groups is 1. The lowest BCUT2D eigenvalue weighted by molar-refractivity contribution is -0.125. The van der Waals surface area contributed by atoms with Crippen LogP contribution in [0.5, 0.6) is 0 Å². The van der Waals surface area contributed by atoms with E-state index < -0.39 is 6.04 Å². The predicted octanol–water partition coefficient (Wildman–Crippen LogP) is 2.90. The zero-order chi connectivity index (χ0) is 16.9. The first-order valence-electron chi connectivity index (χ1n) is 8.59. The van der Waals surface area contributed by atoms with Crippen molar-refractivity contribution in [1.82, 2.24) is 15.1 Å². The van der Waals surface area contributed by atoms with E-state index in [1.165, 1.54) is 23.6 Å². The largest absolute Gasteiger partial charge is 0.463 e. The molecule has 1 aliphatic rings. The second-order valence-corrected chi connectivity index (χ2v) is 6.35. The third-order valence-electron chi connectivity index (χ3n) is 4.55. The van der Waals surface area contributed by atoms with Crippen LogP contribution in [-0.4, -0.2) is 21.7 Å². The molecule has 1 N–H and O–H groups in total. The summed E-state index contributed by atoms with van der Waals surface area (Å²) in [5, 5.41) is 7.37. The summed E-state index contributed by atoms with van der Waals surface area (Å²) < 4.78 is 6.54. The highest BCUT2D eigenvalue weighted by atomic mass is 16.3. The standard InChI is InChI=1S/C18H23N3O3/c1-13(18(23)19-14-7-4-2-3-5-8-14)21-17(22)11-10-15(20-21)16-9-6-12-24-16/h6,9-14H,2-5,7-8H2,1H3,(H,19,23). The Bertz CT molecular complexity index is 728. The van der Waals surface area contributed by atoms with Crippen LogP contribution in [0, 0.1) is 0 Å². The van der Waals surface area contributed by atoms with Gasteiger partial charge < -0.3 is 9.73 Å². The van der Waals surface area contributed by atoms with Gasteiger partial charge in [0.2, 0.25) is 5.91 Å². The van der Waals surface area contributed by atoms with Crippen molar-refractivity contribution in [3.05, 3.63) is 40.9 Å². The summed E-state index contributed by atoms with van der Waals surface area (Å²) in [6, 6.07) is 6.10. The summed E-state index contributed by atoms with van der Waals surface area (Å²) in [5.41, 5.74) is 0.238. The first kappa shape index (κ1) is 16.5. The summed E-state index contributed by atoms with van der Waals surface area (Å²) in [5.74, 6) is 0.410. The maximum Gasteiger partial charge on any atom is 0.267 e. The lowest BCUT2D eigenvalue weighted by atomic mass is 10.1. The van der Waals surface area contributed by atoms with Crippen LogP contribution in [0.1, 0.15) is 51.5 Å². The fourth-order valence-corrected chi connectivity index (χ4v) is 3.12. The molecule has 2 aromatic heterocycles. The Morgan fingerprint density at radius 3 is 2.67 bits per heavy atom. The average Bonchev–Trinajstić information content (AvgIpc) is 3.00. The van der Waals surface area contributed by atoms with E-state index in [0.29, 0.717) is 11.5 Å². The van der Waals surface area contributed by atoms with Crippen LogP contribution in [0.25, 0.3) is 11.5 Å². The second-order valence-electron chi connectivity index (χ2n) is 6.35. The monoisotopic (exact) mass is 329 g/mol. The topological polar surface area (TPSA) is 77.1 Å². The van der Waals surface area contributed by atoms with Gasteiger partial charge in [0.25, 0.3) is 5.56 Å². The average molecular weight is 329 g/mol. The van der Waals surface area contributed by atoms with E-state index in [4.69, 9.17) is 4.42 Å². The number of aromatic nitrogens is 2. The highest BCUT2D eigenvalue weighted by molar-refractivity contribution is 5.80. The van der Waals surface area contributed by atoms with E-state index in [2.05, 4.69) is 10.4 Å². The van der Waals surface area contributed by atoms with Gasteiger partial charge in [0, 0.05) is 12.1 Å². The molecule has 1 aliphatic carbocycles. The maximum absolute atomic E-state index is 12.5. The molecule has 6 nitrogen and oxygen atoms in total. The van der Waals surface area contributed by atoms with Gasteiger partial charge in [0.15, 0.2) is 5.76 Å². The van der Waals surface area contributed by atoms with Crippen molar-refractivity contribution in [2.45, 2.75) is 57.5 Å². The smallest absolute Gasteiger partial charge is 0.267 e. The molecule has 2 heterocycles. The van der Waals surface area contributed by atoms with Gasteiger partial charge in [-0.2, -0.15) is 5.10 Å². The molecule has 6 heteroatoms. The highest BCUT2D eigenvalue weighted by Crippen LogP contribution is 2.19. The molecule has 1 unspecified atom stereocenters. The molecule has 1 fully saturated rings. The van der Waals surface area contributed by atoms with Crippen LogP contribution in [0.15, 0.2) is 39.7 Å². The molecular weight excluding hydrogens is 306 g/mol. The summed E-state index contributed by atoms with van der Waals surface area (Å²) in [4.78, 5) is 24.7. The Hall–Kier alpha value is -2.37. The molecule has 0 aromatic carbocycles. The van der Waals surface area contributed by atoms with Crippen molar-refractivity contribution in [3.8, 4) is 11.5 Å². The SMILES string of the molecule is CC(C(=O)NC1CCCCCC1)n1nc(-c2ccco2)ccc1=O. The number of nitrogens with zero attached hydrogens (tertiary/aromatic N) is 2. The normalized spacial score (nSPS) is 17.2. The number of nitrogens with one attached hydrogen (secondary N) is 1. The van der Waals surface area contributed by atoms with Crippen LogP contribution < -0.4 is 10.9 Å². The Morgan fingerprint density at radius 1 is 1.25 bits per heavy atom. The fraction of sp³-hybridized carbons (Fsp3) is 0.500. The number of amides is 1. The Balaban J connectivity index is 1.76. The van der Waals surface area contributed by atoms with Gasteiger partial charge in [-0.15, -0.1) is 0 Å². The molecule has 3 rings (SSSR count). The van der Waals surface area contributed by atoms with Crippen LogP contribution in [0.3, 0.4) is 0 Å². The van der Waals surface area contributed by atoms with Crippen molar-refractivity contribution >= 4 is 5.91 Å². The van der Waals surface area contributed by atoms with Gasteiger partial charge in [-0.1, -0.05) is 25.7 Å². The van der Waals surface area contributed by atoms with Crippen molar-refractivity contribution in [1.29, 1.82) is 0 Å². The van der Waals surface area contributed by atoms with Gasteiger partial charge in [0.05, 0.1) is 6.26 Å². The molecule has 2 aromatic rings. The molecular formula is C18H23N3O3. The zero-order valence-corrected chi connectivity index (χ0v) is 13.9. The molecule has 1 amide bonds. The van der Waals surface area contributed by atoms with Gasteiger partial charge in [-0.05, 0) is 38.0 Å². The van der Waals surface area contributed by atoms with E-state index in [1.807, 2.05) is 0 Å². The third kappa shape index (κ3) is 3.75. The molecule has 24 heavy (non-hydrogen) atoms. The summed E-state index contributed by atoms with van der Waals surface area (Å²) in [6.07, 6.45) is 8.31. The fourth-order valence-electron chi connectivity index (χ4n) is 3.12. The maximum atomic E-state index is 12.5. The van der Waals surface area contributed by atoms with Crippen molar-refractivity contribution < 1.29 is 9.21 Å². The quantitative estimate of drug-likeness (QED) is 0.875. The second kappa shape index (κ2) is 7.47. The minimum atomic E-state index is -0.657. The van der Waals surface area contributed by atoms with E-state index in [-0.39, 0.29) is 17.5 Å². The molecule has 0 saturated heterocycles. The molecule has 1 saturated carbocycles. The Kier molecular flexibility index (Phi) is 5.13. The zero-order valence-electron chi connectivity index (χ0n) is 13.9. The van der Waals surface area contributed by atoms with Gasteiger partial charge >= 0.3 is 0 Å². The van der Waals surface area contributed by atoms with Gasteiger partial charge in [0.1, 0.15) is 11.7 Å². The molecule has 0 bridgehead atoms. The first-order chi connectivity index (χ1) is 11.6. The number of furan rings is 1. The molecule has 128 valence electrons. The van der Waals surface area contributed by atoms with Crippen LogP contribution in [-0.2, 0) is 4.79 Å². The van der Waals surface area contributed by atoms with E-state index in [1.54, 1.807) is 31.4 Å². The van der Waals surface area contributed by atoms with E-state index in [0.717, 1.165) is 25.7 Å². The van der Waals surface area contributed by atoms with Crippen LogP contribution in [0.2, 0.25) is 0 Å². The van der Waals surface area contributed by atoms with Crippen molar-refractivity contribution in [3.63, 3.8) is 0 Å². The number of hydrogen-bond acceptors (Lipinski definition) is 4. The number of carbonyl (C=O) groups excluding carboxylic acids is 1. The van der Waals surface area contributed by atoms with Crippen molar-refractivity contribution in [2.75, 3.05) is 0 Å². The Morgan fingerprint density at radius 2 is 2.00 bits per heavy atom. The van der Waals surface area contributed by atoms with Gasteiger partial charge in [-0.3, -0.25) is 9.59 Å². The minimum Gasteiger partial charge on any atom is -0.463 e. The number of rotatable bonds is 4. The molecule has 0 radical (unpaired) electrons. The first-order valence-corrected chi connectivity index (χ1v) is 8.59. The summed E-state index contributed by atoms with van der Waals surface area (Å²) >= 11 is 0. The van der Waals surface area contributed by atoms with Crippen LogP contribution >= 0.6 is 0 Å². The lowest BCUT2D eigenvalue weighted by Crippen LogP contribution is -2.41. The third-order valence-corrected chi connectivity index (χ3v) is 4.55. The molecule has 0 aliphatic heterocycles. The Labute approximate surface area is 140 Å². The van der Waals surface area contributed by atoms with Gasteiger partial charge in [-0.25, -0.2) is 4.68 Å². The van der Waals surface area contributed by atoms with E-state index >= 15 is 0 Å². The lowest BCUT2D eigenvalue weighted by Gasteiger charge is -2.20. The molecule has 0 spiro atoms. The minimum absolute atomic E-state index is 0.159. The van der Waals surface area contributed by atoms with Crippen LogP contribution in [0.4, 0.5) is 0 Å². The predicted molar refractivity (Wildman–Crippen MR) is 90.5 cm³/mol. The van der Waals surface area contributed by atoms with Crippen molar-refractivity contribution in [2.24, 2.45) is 0 Å². The number of hydrogen-bond donors (Lipinski definition) is 1. The summed E-state index contributed by atoms with van der Waals surface area (Å²) in [6.45, 7) is 1.70. The summed E-state index contributed by atoms with van der Waals surface area (Å²) in [7, 11) is 0.